The van der Waals surface area contributed by atoms with Crippen LogP contribution >= 0.6 is 0 Å². The standard InChI is InChI=1S/C19H15N5O2/c25-18-15-8-16(20-9-17(15)22-11-23-18)19(26)24-10-21-14-6-5-12-3-1-2-4-13(12)7-14/h1-9,11,21H,10H2,(H,24,26)(H,22,23,25). The lowest BCUT2D eigenvalue weighted by molar-refractivity contribution is 0.0951. The van der Waals surface area contributed by atoms with Crippen LogP contribution < -0.4 is 16.2 Å². The highest BCUT2D eigenvalue weighted by atomic mass is 16.2. The molecule has 0 fully saturated rings. The Labute approximate surface area is 148 Å². The first-order chi connectivity index (χ1) is 12.7. The van der Waals surface area contributed by atoms with Crippen molar-refractivity contribution in [3.8, 4) is 0 Å². The SMILES string of the molecule is O=C(NCNc1ccc2ccccc2c1)c1cc2c(=O)[nH]cnc2cn1. The van der Waals surface area contributed by atoms with E-state index in [2.05, 4.69) is 25.6 Å². The molecule has 2 aromatic heterocycles. The molecule has 4 aromatic rings. The molecular weight excluding hydrogens is 330 g/mol. The number of H-pyrrole nitrogens is 1. The minimum absolute atomic E-state index is 0.163. The van der Waals surface area contributed by atoms with E-state index in [4.69, 9.17) is 0 Å². The number of aromatic amines is 1. The zero-order valence-corrected chi connectivity index (χ0v) is 13.7. The van der Waals surface area contributed by atoms with Crippen molar-refractivity contribution in [2.75, 3.05) is 12.0 Å². The topological polar surface area (TPSA) is 99.8 Å². The van der Waals surface area contributed by atoms with Crippen LogP contribution in [-0.4, -0.2) is 27.5 Å². The molecule has 26 heavy (non-hydrogen) atoms. The summed E-state index contributed by atoms with van der Waals surface area (Å²) in [4.78, 5) is 34.6. The lowest BCUT2D eigenvalue weighted by atomic mass is 10.1. The Morgan fingerprint density at radius 1 is 1.04 bits per heavy atom. The van der Waals surface area contributed by atoms with Crippen molar-refractivity contribution < 1.29 is 4.79 Å². The molecule has 3 N–H and O–H groups in total. The predicted octanol–water partition coefficient (Wildman–Crippen LogP) is 2.27. The van der Waals surface area contributed by atoms with E-state index in [9.17, 15) is 9.59 Å². The summed E-state index contributed by atoms with van der Waals surface area (Å²) in [6.45, 7) is 0.236. The average Bonchev–Trinajstić information content (AvgIpc) is 2.68. The van der Waals surface area contributed by atoms with Gasteiger partial charge < -0.3 is 15.6 Å². The first-order valence-electron chi connectivity index (χ1n) is 8.05. The van der Waals surface area contributed by atoms with E-state index in [-0.39, 0.29) is 23.8 Å². The smallest absolute Gasteiger partial charge is 0.271 e. The first-order valence-corrected chi connectivity index (χ1v) is 8.05. The lowest BCUT2D eigenvalue weighted by Gasteiger charge is -2.09. The van der Waals surface area contributed by atoms with Gasteiger partial charge in [-0.2, -0.15) is 0 Å². The van der Waals surface area contributed by atoms with Crippen LogP contribution in [0.25, 0.3) is 21.7 Å². The molecular formula is C19H15N5O2. The average molecular weight is 345 g/mol. The second-order valence-corrected chi connectivity index (χ2v) is 5.74. The Balaban J connectivity index is 1.45. The van der Waals surface area contributed by atoms with E-state index in [0.717, 1.165) is 16.5 Å². The summed E-state index contributed by atoms with van der Waals surface area (Å²) >= 11 is 0. The number of aromatic nitrogens is 3. The van der Waals surface area contributed by atoms with Crippen LogP contribution in [0.4, 0.5) is 5.69 Å². The molecule has 0 bridgehead atoms. The van der Waals surface area contributed by atoms with E-state index >= 15 is 0 Å². The van der Waals surface area contributed by atoms with Crippen LogP contribution in [0.3, 0.4) is 0 Å². The van der Waals surface area contributed by atoms with Gasteiger partial charge in [0.05, 0.1) is 30.1 Å². The maximum absolute atomic E-state index is 12.3. The molecule has 0 atom stereocenters. The Morgan fingerprint density at radius 2 is 1.88 bits per heavy atom. The molecule has 0 aliphatic carbocycles. The molecule has 0 aliphatic heterocycles. The lowest BCUT2D eigenvalue weighted by Crippen LogP contribution is -2.29. The molecule has 1 amide bonds. The predicted molar refractivity (Wildman–Crippen MR) is 100 cm³/mol. The number of benzene rings is 2. The van der Waals surface area contributed by atoms with E-state index in [1.807, 2.05) is 42.5 Å². The number of rotatable bonds is 4. The van der Waals surface area contributed by atoms with Gasteiger partial charge in [0.2, 0.25) is 0 Å². The van der Waals surface area contributed by atoms with Crippen molar-refractivity contribution in [1.29, 1.82) is 0 Å². The van der Waals surface area contributed by atoms with Crippen LogP contribution in [0, 0.1) is 0 Å². The molecule has 7 heteroatoms. The van der Waals surface area contributed by atoms with Crippen molar-refractivity contribution >= 4 is 33.3 Å². The molecule has 128 valence electrons. The number of carbonyl (C=O) groups excluding carboxylic acids is 1. The van der Waals surface area contributed by atoms with Gasteiger partial charge in [-0.05, 0) is 29.0 Å². The highest BCUT2D eigenvalue weighted by Crippen LogP contribution is 2.18. The molecule has 0 saturated heterocycles. The number of carbonyl (C=O) groups is 1. The van der Waals surface area contributed by atoms with E-state index < -0.39 is 0 Å². The number of hydrogen-bond acceptors (Lipinski definition) is 5. The molecule has 0 radical (unpaired) electrons. The normalized spacial score (nSPS) is 10.8. The summed E-state index contributed by atoms with van der Waals surface area (Å²) in [5, 5.41) is 8.48. The van der Waals surface area contributed by atoms with Gasteiger partial charge in [0.15, 0.2) is 0 Å². The third kappa shape index (κ3) is 3.10. The molecule has 0 aliphatic rings. The molecule has 2 aromatic carbocycles. The molecule has 0 saturated carbocycles. The molecule has 2 heterocycles. The highest BCUT2D eigenvalue weighted by molar-refractivity contribution is 5.95. The highest BCUT2D eigenvalue weighted by Gasteiger charge is 2.09. The van der Waals surface area contributed by atoms with Crippen LogP contribution in [-0.2, 0) is 0 Å². The second-order valence-electron chi connectivity index (χ2n) is 5.74. The van der Waals surface area contributed by atoms with Crippen LogP contribution in [0.2, 0.25) is 0 Å². The number of nitrogens with one attached hydrogen (secondary N) is 3. The fraction of sp³-hybridized carbons (Fsp3) is 0.0526. The zero-order valence-electron chi connectivity index (χ0n) is 13.7. The van der Waals surface area contributed by atoms with Gasteiger partial charge >= 0.3 is 0 Å². The molecule has 4 rings (SSSR count). The number of hydrogen-bond donors (Lipinski definition) is 3. The Morgan fingerprint density at radius 3 is 2.77 bits per heavy atom. The summed E-state index contributed by atoms with van der Waals surface area (Å²) in [6, 6.07) is 15.5. The summed E-state index contributed by atoms with van der Waals surface area (Å²) in [6.07, 6.45) is 2.72. The van der Waals surface area contributed by atoms with E-state index in [1.54, 1.807) is 0 Å². The van der Waals surface area contributed by atoms with Gasteiger partial charge in [0.1, 0.15) is 5.69 Å². The number of anilines is 1. The molecule has 7 nitrogen and oxygen atoms in total. The largest absolute Gasteiger partial charge is 0.368 e. The van der Waals surface area contributed by atoms with Gasteiger partial charge in [-0.1, -0.05) is 30.3 Å². The van der Waals surface area contributed by atoms with Gasteiger partial charge in [0.25, 0.3) is 11.5 Å². The van der Waals surface area contributed by atoms with E-state index in [1.165, 1.54) is 18.6 Å². The van der Waals surface area contributed by atoms with Crippen molar-refractivity contribution in [2.24, 2.45) is 0 Å². The molecule has 0 spiro atoms. The summed E-state index contributed by atoms with van der Waals surface area (Å²) in [7, 11) is 0. The Kier molecular flexibility index (Phi) is 4.03. The third-order valence-electron chi connectivity index (χ3n) is 4.05. The minimum Gasteiger partial charge on any atom is -0.368 e. The second kappa shape index (κ2) is 6.64. The van der Waals surface area contributed by atoms with Gasteiger partial charge in [0, 0.05) is 5.69 Å². The Bertz CT molecular complexity index is 1170. The number of pyridine rings is 1. The summed E-state index contributed by atoms with van der Waals surface area (Å²) < 4.78 is 0. The minimum atomic E-state index is -0.372. The van der Waals surface area contributed by atoms with E-state index in [0.29, 0.717) is 10.9 Å². The summed E-state index contributed by atoms with van der Waals surface area (Å²) in [5.41, 5.74) is 1.20. The first kappa shape index (κ1) is 15.8. The maximum Gasteiger partial charge on any atom is 0.271 e. The van der Waals surface area contributed by atoms with Gasteiger partial charge in [-0.3, -0.25) is 9.59 Å². The monoisotopic (exact) mass is 345 g/mol. The fourth-order valence-electron chi connectivity index (χ4n) is 2.71. The zero-order chi connectivity index (χ0) is 17.9. The van der Waals surface area contributed by atoms with Gasteiger partial charge in [-0.25, -0.2) is 9.97 Å². The van der Waals surface area contributed by atoms with Crippen molar-refractivity contribution in [3.05, 3.63) is 77.1 Å². The van der Waals surface area contributed by atoms with Crippen LogP contribution in [0.5, 0.6) is 0 Å². The number of nitrogens with zero attached hydrogens (tertiary/aromatic N) is 2. The van der Waals surface area contributed by atoms with Crippen LogP contribution in [0.15, 0.2) is 65.8 Å². The molecule has 0 unspecified atom stereocenters. The van der Waals surface area contributed by atoms with Crippen molar-refractivity contribution in [3.63, 3.8) is 0 Å². The number of amides is 1. The Hall–Kier alpha value is -3.74. The fourth-order valence-corrected chi connectivity index (χ4v) is 2.71. The number of fused-ring (bicyclic) bond motifs is 2. The van der Waals surface area contributed by atoms with Crippen molar-refractivity contribution in [2.45, 2.75) is 0 Å². The quantitative estimate of drug-likeness (QED) is 0.493. The maximum atomic E-state index is 12.3. The van der Waals surface area contributed by atoms with Crippen LogP contribution in [0.1, 0.15) is 10.5 Å². The summed E-state index contributed by atoms with van der Waals surface area (Å²) in [5.74, 6) is -0.372. The van der Waals surface area contributed by atoms with Crippen molar-refractivity contribution in [1.82, 2.24) is 20.3 Å². The third-order valence-corrected chi connectivity index (χ3v) is 4.05. The van der Waals surface area contributed by atoms with Gasteiger partial charge in [-0.15, -0.1) is 0 Å².